The van der Waals surface area contributed by atoms with Crippen LogP contribution in [0.3, 0.4) is 0 Å². The van der Waals surface area contributed by atoms with Crippen LogP contribution in [-0.4, -0.2) is 28.2 Å². The number of carbonyl (C=O) groups excluding carboxylic acids is 1. The Morgan fingerprint density at radius 2 is 2.00 bits per heavy atom. The van der Waals surface area contributed by atoms with Crippen molar-refractivity contribution < 1.29 is 19.6 Å². The van der Waals surface area contributed by atoms with E-state index in [9.17, 15) is 19.7 Å². The van der Waals surface area contributed by atoms with Crippen molar-refractivity contribution in [2.75, 3.05) is 5.32 Å². The first-order valence-electron chi connectivity index (χ1n) is 10.2. The number of nitrogens with zero attached hydrogens (tertiary/aromatic N) is 2. The molecule has 30 heavy (non-hydrogen) atoms. The molecule has 3 atom stereocenters. The van der Waals surface area contributed by atoms with Gasteiger partial charge in [-0.3, -0.25) is 14.9 Å². The number of carboxylic acid groups (broad SMARTS) is 1. The predicted octanol–water partition coefficient (Wildman–Crippen LogP) is 4.32. The van der Waals surface area contributed by atoms with Crippen LogP contribution < -0.4 is 10.7 Å². The van der Waals surface area contributed by atoms with Gasteiger partial charge in [0.1, 0.15) is 0 Å². The van der Waals surface area contributed by atoms with Gasteiger partial charge in [-0.15, -0.1) is 0 Å². The van der Waals surface area contributed by atoms with Crippen molar-refractivity contribution in [2.24, 2.45) is 22.9 Å². The Morgan fingerprint density at radius 3 is 2.70 bits per heavy atom. The lowest BCUT2D eigenvalue weighted by molar-refractivity contribution is -0.384. The molecule has 160 valence electrons. The second kappa shape index (κ2) is 10.00. The van der Waals surface area contributed by atoms with E-state index in [-0.39, 0.29) is 12.1 Å². The maximum absolute atomic E-state index is 12.0. The van der Waals surface area contributed by atoms with Crippen LogP contribution in [0.5, 0.6) is 0 Å². The van der Waals surface area contributed by atoms with E-state index in [4.69, 9.17) is 5.11 Å². The van der Waals surface area contributed by atoms with E-state index in [1.54, 1.807) is 0 Å². The Labute approximate surface area is 174 Å². The predicted molar refractivity (Wildman–Crippen MR) is 112 cm³/mol. The summed E-state index contributed by atoms with van der Waals surface area (Å²) in [4.78, 5) is 32.7. The highest BCUT2D eigenvalue weighted by atomic mass is 16.6. The third kappa shape index (κ3) is 5.88. The summed E-state index contributed by atoms with van der Waals surface area (Å²) < 4.78 is 0. The topological polar surface area (TPSA) is 134 Å². The number of rotatable bonds is 8. The highest BCUT2D eigenvalue weighted by Gasteiger charge is 2.40. The number of hydrogen-bond donors (Lipinski definition) is 3. The number of urea groups is 1. The number of carbonyl (C=O) groups is 2. The van der Waals surface area contributed by atoms with Gasteiger partial charge in [0.05, 0.1) is 4.92 Å². The quantitative estimate of drug-likeness (QED) is 0.191. The van der Waals surface area contributed by atoms with Gasteiger partial charge in [-0.1, -0.05) is 11.6 Å². The molecule has 2 fully saturated rings. The van der Waals surface area contributed by atoms with E-state index < -0.39 is 16.9 Å². The van der Waals surface area contributed by atoms with Gasteiger partial charge in [0.2, 0.25) is 0 Å². The summed E-state index contributed by atoms with van der Waals surface area (Å²) in [5.41, 5.74) is 4.28. The Balaban J connectivity index is 1.44. The van der Waals surface area contributed by atoms with Crippen LogP contribution in [0.2, 0.25) is 0 Å². The zero-order valence-electron chi connectivity index (χ0n) is 16.6. The molecular formula is C21H26N4O5. The second-order valence-corrected chi connectivity index (χ2v) is 7.87. The van der Waals surface area contributed by atoms with Crippen molar-refractivity contribution in [3.63, 3.8) is 0 Å². The minimum atomic E-state index is -0.752. The number of allylic oxidation sites excluding steroid dienone is 2. The van der Waals surface area contributed by atoms with Crippen molar-refractivity contribution in [3.05, 3.63) is 46.0 Å². The maximum atomic E-state index is 12.0. The number of aliphatic carboxylic acids is 1. The molecule has 9 nitrogen and oxygen atoms in total. The minimum Gasteiger partial charge on any atom is -0.481 e. The highest BCUT2D eigenvalue weighted by Crippen LogP contribution is 2.49. The lowest BCUT2D eigenvalue weighted by Gasteiger charge is -2.13. The molecule has 2 saturated carbocycles. The van der Waals surface area contributed by atoms with E-state index in [1.807, 2.05) is 6.21 Å². The molecule has 2 amide bonds. The van der Waals surface area contributed by atoms with Crippen LogP contribution in [0.15, 0.2) is 41.0 Å². The molecule has 3 unspecified atom stereocenters. The number of carboxylic acids is 1. The van der Waals surface area contributed by atoms with E-state index in [1.165, 1.54) is 29.8 Å². The van der Waals surface area contributed by atoms with Crippen molar-refractivity contribution in [1.29, 1.82) is 0 Å². The third-order valence-corrected chi connectivity index (χ3v) is 5.84. The first kappa shape index (κ1) is 21.5. The monoisotopic (exact) mass is 414 g/mol. The molecule has 3 rings (SSSR count). The van der Waals surface area contributed by atoms with Crippen LogP contribution >= 0.6 is 0 Å². The summed E-state index contributed by atoms with van der Waals surface area (Å²) in [5, 5.41) is 26.0. The number of hydrogen-bond acceptors (Lipinski definition) is 5. The first-order chi connectivity index (χ1) is 14.4. The lowest BCUT2D eigenvalue weighted by Crippen LogP contribution is -2.25. The minimum absolute atomic E-state index is 0.0402. The number of non-ortho nitro benzene ring substituents is 1. The van der Waals surface area contributed by atoms with E-state index in [0.29, 0.717) is 29.9 Å². The Bertz CT molecular complexity index is 849. The molecule has 0 heterocycles. The van der Waals surface area contributed by atoms with Crippen LogP contribution in [0.25, 0.3) is 0 Å². The van der Waals surface area contributed by atoms with Gasteiger partial charge in [-0.05, 0) is 68.4 Å². The second-order valence-electron chi connectivity index (χ2n) is 7.87. The van der Waals surface area contributed by atoms with Crippen molar-refractivity contribution >= 4 is 29.6 Å². The number of benzene rings is 1. The lowest BCUT2D eigenvalue weighted by atomic mass is 9.93. The van der Waals surface area contributed by atoms with E-state index in [0.717, 1.165) is 32.1 Å². The fourth-order valence-electron chi connectivity index (χ4n) is 4.41. The van der Waals surface area contributed by atoms with Crippen LogP contribution in [-0.2, 0) is 4.79 Å². The van der Waals surface area contributed by atoms with Crippen molar-refractivity contribution in [3.8, 4) is 0 Å². The molecule has 2 aliphatic rings. The Hall–Kier alpha value is -3.23. The zero-order valence-corrected chi connectivity index (χ0v) is 16.6. The third-order valence-electron chi connectivity index (χ3n) is 5.84. The molecule has 1 aromatic rings. The molecular weight excluding hydrogens is 388 g/mol. The summed E-state index contributed by atoms with van der Waals surface area (Å²) >= 11 is 0. The zero-order chi connectivity index (χ0) is 21.5. The average Bonchev–Trinajstić information content (AvgIpc) is 3.26. The molecule has 0 bridgehead atoms. The van der Waals surface area contributed by atoms with Crippen molar-refractivity contribution in [2.45, 2.75) is 44.9 Å². The summed E-state index contributed by atoms with van der Waals surface area (Å²) in [6, 6.07) is 5.08. The van der Waals surface area contributed by atoms with Crippen LogP contribution in [0, 0.1) is 27.9 Å². The summed E-state index contributed by atoms with van der Waals surface area (Å²) in [6.07, 6.45) is 9.99. The largest absolute Gasteiger partial charge is 0.481 e. The summed E-state index contributed by atoms with van der Waals surface area (Å²) in [7, 11) is 0. The first-order valence-corrected chi connectivity index (χ1v) is 10.2. The van der Waals surface area contributed by atoms with Gasteiger partial charge in [-0.25, -0.2) is 10.2 Å². The van der Waals surface area contributed by atoms with Gasteiger partial charge in [0, 0.05) is 30.5 Å². The molecule has 0 saturated heterocycles. The molecule has 2 aliphatic carbocycles. The Morgan fingerprint density at radius 1 is 1.23 bits per heavy atom. The normalized spacial score (nSPS) is 24.1. The summed E-state index contributed by atoms with van der Waals surface area (Å²) in [6.45, 7) is 0. The van der Waals surface area contributed by atoms with Gasteiger partial charge >= 0.3 is 12.0 Å². The molecule has 3 N–H and O–H groups in total. The molecule has 9 heteroatoms. The number of nitrogens with one attached hydrogen (secondary N) is 2. The average molecular weight is 414 g/mol. The smallest absolute Gasteiger partial charge is 0.339 e. The fourth-order valence-corrected chi connectivity index (χ4v) is 4.41. The van der Waals surface area contributed by atoms with Gasteiger partial charge in [-0.2, -0.15) is 5.10 Å². The molecule has 1 aromatic carbocycles. The van der Waals surface area contributed by atoms with Gasteiger partial charge in [0.15, 0.2) is 0 Å². The van der Waals surface area contributed by atoms with Gasteiger partial charge < -0.3 is 10.4 Å². The number of fused-ring (bicyclic) bond motifs is 1. The molecule has 0 radical (unpaired) electrons. The molecule has 0 spiro atoms. The fraction of sp³-hybridized carbons (Fsp3) is 0.476. The standard InChI is InChI=1S/C21H26N4O5/c26-20(27)4-2-1-3-14-11-15-5-6-16(19(15)12-14)13-22-24-21(28)23-17-7-9-18(10-8-17)25(29)30/h3,7-10,13,15-16,19H,1-2,4-6,11-12H2,(H,26,27)(H2,23,24,28)/b14-3-,22-13+. The van der Waals surface area contributed by atoms with E-state index >= 15 is 0 Å². The van der Waals surface area contributed by atoms with Crippen LogP contribution in [0.1, 0.15) is 44.9 Å². The van der Waals surface area contributed by atoms with Crippen LogP contribution in [0.4, 0.5) is 16.2 Å². The number of nitro groups is 1. The summed E-state index contributed by atoms with van der Waals surface area (Å²) in [5.74, 6) is 0.734. The maximum Gasteiger partial charge on any atom is 0.339 e. The van der Waals surface area contributed by atoms with E-state index in [2.05, 4.69) is 21.9 Å². The molecule has 0 aromatic heterocycles. The number of unbranched alkanes of at least 4 members (excludes halogenated alkanes) is 1. The molecule has 0 aliphatic heterocycles. The number of anilines is 1. The number of nitro benzene ring substituents is 1. The van der Waals surface area contributed by atoms with Crippen molar-refractivity contribution in [1.82, 2.24) is 5.43 Å². The highest BCUT2D eigenvalue weighted by molar-refractivity contribution is 5.89. The Kier molecular flexibility index (Phi) is 7.16. The number of hydrazone groups is 1. The SMILES string of the molecule is O=C(O)CCC/C=C1/CC2CCC(/C=N/NC(=O)Nc3ccc([N+](=O)[O-])cc3)C2C1. The van der Waals surface area contributed by atoms with Gasteiger partial charge in [0.25, 0.3) is 5.69 Å². The number of amides is 2.